The summed E-state index contributed by atoms with van der Waals surface area (Å²) in [7, 11) is 0. The molecule has 0 unspecified atom stereocenters. The van der Waals surface area contributed by atoms with E-state index in [1.807, 2.05) is 28.7 Å². The van der Waals surface area contributed by atoms with Crippen LogP contribution in [0.2, 0.25) is 0 Å². The van der Waals surface area contributed by atoms with Gasteiger partial charge >= 0.3 is 0 Å². The molecule has 0 aliphatic rings. The van der Waals surface area contributed by atoms with Gasteiger partial charge in [0.15, 0.2) is 5.82 Å². The van der Waals surface area contributed by atoms with Crippen molar-refractivity contribution in [1.82, 2.24) is 19.6 Å². The zero-order chi connectivity index (χ0) is 12.4. The molecule has 3 N–H and O–H groups in total. The van der Waals surface area contributed by atoms with Crippen molar-refractivity contribution >= 4 is 17.2 Å². The molecule has 0 fully saturated rings. The lowest BCUT2D eigenvalue weighted by molar-refractivity contribution is 1.07. The molecule has 2 heterocycles. The molecule has 0 saturated carbocycles. The van der Waals surface area contributed by atoms with Crippen LogP contribution in [0, 0.1) is 0 Å². The predicted octanol–water partition coefficient (Wildman–Crippen LogP) is 1.33. The molecule has 0 amide bonds. The van der Waals surface area contributed by atoms with Crippen molar-refractivity contribution in [1.29, 1.82) is 0 Å². The molecule has 90 valence electrons. The highest BCUT2D eigenvalue weighted by Crippen LogP contribution is 2.17. The van der Waals surface area contributed by atoms with Crippen LogP contribution in [0.15, 0.2) is 43.0 Å². The lowest BCUT2D eigenvalue weighted by Gasteiger charge is -2.06. The third-order valence-corrected chi connectivity index (χ3v) is 2.67. The van der Waals surface area contributed by atoms with Crippen molar-refractivity contribution in [2.75, 3.05) is 5.32 Å². The molecule has 2 aromatic heterocycles. The Bertz CT molecular complexity index is 658. The van der Waals surface area contributed by atoms with E-state index < -0.39 is 0 Å². The van der Waals surface area contributed by atoms with Crippen molar-refractivity contribution in [3.8, 4) is 0 Å². The topological polar surface area (TPSA) is 81.1 Å². The van der Waals surface area contributed by atoms with E-state index in [-0.39, 0.29) is 0 Å². The van der Waals surface area contributed by atoms with Crippen molar-refractivity contribution < 1.29 is 0 Å². The predicted molar refractivity (Wildman–Crippen MR) is 68.4 cm³/mol. The van der Waals surface area contributed by atoms with Crippen LogP contribution in [0.3, 0.4) is 0 Å². The average Bonchev–Trinajstić information content (AvgIpc) is 2.89. The SMILES string of the molecule is NCc1ccc(Nc2nccn3cnnc23)cc1. The number of hydrogen-bond acceptors (Lipinski definition) is 5. The van der Waals surface area contributed by atoms with Gasteiger partial charge in [-0.1, -0.05) is 12.1 Å². The third-order valence-electron chi connectivity index (χ3n) is 2.67. The molecule has 0 radical (unpaired) electrons. The molecule has 0 aliphatic carbocycles. The molecule has 0 bridgehead atoms. The number of hydrogen-bond donors (Lipinski definition) is 2. The molecule has 6 heteroatoms. The zero-order valence-corrected chi connectivity index (χ0v) is 9.61. The van der Waals surface area contributed by atoms with Gasteiger partial charge in [-0.3, -0.25) is 4.40 Å². The van der Waals surface area contributed by atoms with Gasteiger partial charge in [0, 0.05) is 24.6 Å². The molecule has 0 spiro atoms. The summed E-state index contributed by atoms with van der Waals surface area (Å²) in [6, 6.07) is 7.88. The number of fused-ring (bicyclic) bond motifs is 1. The van der Waals surface area contributed by atoms with Crippen LogP contribution in [0.25, 0.3) is 5.65 Å². The summed E-state index contributed by atoms with van der Waals surface area (Å²) < 4.78 is 1.81. The van der Waals surface area contributed by atoms with Gasteiger partial charge in [-0.05, 0) is 17.7 Å². The maximum Gasteiger partial charge on any atom is 0.203 e. The van der Waals surface area contributed by atoms with E-state index in [9.17, 15) is 0 Å². The average molecular weight is 240 g/mol. The Hall–Kier alpha value is -2.47. The Morgan fingerprint density at radius 3 is 2.83 bits per heavy atom. The number of benzene rings is 1. The van der Waals surface area contributed by atoms with Crippen molar-refractivity contribution in [2.45, 2.75) is 6.54 Å². The Morgan fingerprint density at radius 2 is 2.06 bits per heavy atom. The molecule has 0 aliphatic heterocycles. The number of anilines is 2. The number of aromatic nitrogens is 4. The van der Waals surface area contributed by atoms with Crippen molar-refractivity contribution in [2.24, 2.45) is 5.73 Å². The Morgan fingerprint density at radius 1 is 1.22 bits per heavy atom. The number of rotatable bonds is 3. The van der Waals surface area contributed by atoms with Gasteiger partial charge in [0.05, 0.1) is 0 Å². The molecule has 0 atom stereocenters. The monoisotopic (exact) mass is 240 g/mol. The second-order valence-electron chi connectivity index (χ2n) is 3.86. The summed E-state index contributed by atoms with van der Waals surface area (Å²) in [5.74, 6) is 0.676. The zero-order valence-electron chi connectivity index (χ0n) is 9.61. The van der Waals surface area contributed by atoms with Crippen LogP contribution in [0.5, 0.6) is 0 Å². The second kappa shape index (κ2) is 4.42. The van der Waals surface area contributed by atoms with Gasteiger partial charge in [-0.25, -0.2) is 4.98 Å². The third kappa shape index (κ3) is 1.89. The molecule has 0 saturated heterocycles. The first-order valence-electron chi connectivity index (χ1n) is 5.57. The Kier molecular flexibility index (Phi) is 2.62. The molecule has 3 rings (SSSR count). The van der Waals surface area contributed by atoms with E-state index in [2.05, 4.69) is 20.5 Å². The van der Waals surface area contributed by atoms with E-state index in [1.54, 1.807) is 18.7 Å². The van der Waals surface area contributed by atoms with Crippen molar-refractivity contribution in [3.63, 3.8) is 0 Å². The van der Waals surface area contributed by atoms with Crippen LogP contribution in [0.1, 0.15) is 5.56 Å². The fourth-order valence-corrected chi connectivity index (χ4v) is 1.71. The fourth-order valence-electron chi connectivity index (χ4n) is 1.71. The summed E-state index contributed by atoms with van der Waals surface area (Å²) in [5, 5.41) is 11.1. The standard InChI is InChI=1S/C12H12N6/c13-7-9-1-3-10(4-2-9)16-11-12-17-15-8-18(12)6-5-14-11/h1-6,8H,7,13H2,(H,14,16). The van der Waals surface area contributed by atoms with Crippen LogP contribution in [-0.2, 0) is 6.54 Å². The van der Waals surface area contributed by atoms with Crippen LogP contribution >= 0.6 is 0 Å². The second-order valence-corrected chi connectivity index (χ2v) is 3.86. The van der Waals surface area contributed by atoms with E-state index >= 15 is 0 Å². The quantitative estimate of drug-likeness (QED) is 0.721. The smallest absolute Gasteiger partial charge is 0.203 e. The van der Waals surface area contributed by atoms with Crippen LogP contribution in [0.4, 0.5) is 11.5 Å². The number of nitrogens with zero attached hydrogens (tertiary/aromatic N) is 4. The molecule has 6 nitrogen and oxygen atoms in total. The summed E-state index contributed by atoms with van der Waals surface area (Å²) >= 11 is 0. The Balaban J connectivity index is 1.93. The maximum atomic E-state index is 5.56. The summed E-state index contributed by atoms with van der Waals surface area (Å²) in [6.45, 7) is 0.540. The number of nitrogens with two attached hydrogens (primary N) is 1. The van der Waals surface area contributed by atoms with Crippen LogP contribution < -0.4 is 11.1 Å². The molecular weight excluding hydrogens is 228 g/mol. The van der Waals surface area contributed by atoms with Gasteiger partial charge < -0.3 is 11.1 Å². The minimum Gasteiger partial charge on any atom is -0.337 e. The summed E-state index contributed by atoms with van der Waals surface area (Å²) in [5.41, 5.74) is 8.29. The Labute approximate surface area is 103 Å². The van der Waals surface area contributed by atoms with E-state index in [4.69, 9.17) is 5.73 Å². The summed E-state index contributed by atoms with van der Waals surface area (Å²) in [4.78, 5) is 4.26. The van der Waals surface area contributed by atoms with E-state index in [0.717, 1.165) is 11.3 Å². The van der Waals surface area contributed by atoms with Gasteiger partial charge in [0.2, 0.25) is 5.65 Å². The largest absolute Gasteiger partial charge is 0.337 e. The first kappa shape index (κ1) is 10.7. The minimum absolute atomic E-state index is 0.540. The van der Waals surface area contributed by atoms with E-state index in [0.29, 0.717) is 18.0 Å². The lowest BCUT2D eigenvalue weighted by Crippen LogP contribution is -1.99. The molecule has 18 heavy (non-hydrogen) atoms. The van der Waals surface area contributed by atoms with Gasteiger partial charge in [0.25, 0.3) is 0 Å². The highest BCUT2D eigenvalue weighted by atomic mass is 15.2. The highest BCUT2D eigenvalue weighted by Gasteiger charge is 2.04. The summed E-state index contributed by atoms with van der Waals surface area (Å²) in [6.07, 6.45) is 5.14. The van der Waals surface area contributed by atoms with Gasteiger partial charge in [-0.2, -0.15) is 0 Å². The normalized spacial score (nSPS) is 10.7. The molecule has 1 aromatic carbocycles. The highest BCUT2D eigenvalue weighted by molar-refractivity contribution is 5.69. The maximum absolute atomic E-state index is 5.56. The first-order chi connectivity index (χ1) is 8.86. The first-order valence-corrected chi connectivity index (χ1v) is 5.57. The fraction of sp³-hybridized carbons (Fsp3) is 0.0833. The van der Waals surface area contributed by atoms with Gasteiger partial charge in [-0.15, -0.1) is 10.2 Å². The van der Waals surface area contributed by atoms with Crippen molar-refractivity contribution in [3.05, 3.63) is 48.5 Å². The molecular formula is C12H12N6. The minimum atomic E-state index is 0.540. The lowest BCUT2D eigenvalue weighted by atomic mass is 10.2. The molecule has 3 aromatic rings. The van der Waals surface area contributed by atoms with Gasteiger partial charge in [0.1, 0.15) is 6.33 Å². The number of nitrogens with one attached hydrogen (secondary N) is 1. The van der Waals surface area contributed by atoms with E-state index in [1.165, 1.54) is 0 Å². The van der Waals surface area contributed by atoms with Crippen LogP contribution in [-0.4, -0.2) is 19.6 Å².